The average Bonchev–Trinajstić information content (AvgIpc) is 2.62. The number of ether oxygens (including phenoxy) is 1. The molecule has 0 atom stereocenters. The summed E-state index contributed by atoms with van der Waals surface area (Å²) >= 11 is 0. The number of carbonyl (C=O) groups is 1. The molecule has 26 heavy (non-hydrogen) atoms. The standard InChI is InChI=1S/C17H16F2N2O4S/c1-25-17(22)21-7-6-11-2-3-13(8-12(11)10-21)20-26(23,24)14-4-5-15(18)16(19)9-14/h2-5,8-9,20H,6-7,10H2,1H3. The molecule has 0 saturated heterocycles. The van der Waals surface area contributed by atoms with E-state index in [1.54, 1.807) is 18.2 Å². The molecule has 0 unspecified atom stereocenters. The number of carbonyl (C=O) groups excluding carboxylic acids is 1. The van der Waals surface area contributed by atoms with Crippen LogP contribution in [0, 0.1) is 11.6 Å². The number of nitrogens with zero attached hydrogens (tertiary/aromatic N) is 1. The Hall–Kier alpha value is -2.68. The quantitative estimate of drug-likeness (QED) is 0.886. The Morgan fingerprint density at radius 2 is 1.88 bits per heavy atom. The van der Waals surface area contributed by atoms with Crippen LogP contribution in [-0.4, -0.2) is 33.1 Å². The normalized spacial score (nSPS) is 13.9. The van der Waals surface area contributed by atoms with Crippen molar-refractivity contribution in [1.29, 1.82) is 0 Å². The summed E-state index contributed by atoms with van der Waals surface area (Å²) in [6, 6.07) is 7.33. The minimum absolute atomic E-state index is 0.264. The number of anilines is 1. The summed E-state index contributed by atoms with van der Waals surface area (Å²) < 4.78 is 58.1. The van der Waals surface area contributed by atoms with Gasteiger partial charge in [-0.1, -0.05) is 6.07 Å². The maximum atomic E-state index is 13.3. The highest BCUT2D eigenvalue weighted by molar-refractivity contribution is 7.92. The number of methoxy groups -OCH3 is 1. The summed E-state index contributed by atoms with van der Waals surface area (Å²) in [5.74, 6) is -2.37. The number of halogens is 2. The third kappa shape index (κ3) is 3.62. The van der Waals surface area contributed by atoms with Crippen molar-refractivity contribution in [3.63, 3.8) is 0 Å². The number of amides is 1. The van der Waals surface area contributed by atoms with Gasteiger partial charge in [-0.25, -0.2) is 22.0 Å². The molecule has 1 N–H and O–H groups in total. The molecule has 1 aliphatic heterocycles. The van der Waals surface area contributed by atoms with E-state index in [4.69, 9.17) is 4.74 Å². The minimum atomic E-state index is -4.08. The second-order valence-corrected chi connectivity index (χ2v) is 7.49. The molecule has 1 heterocycles. The summed E-state index contributed by atoms with van der Waals surface area (Å²) in [5.41, 5.74) is 2.05. The van der Waals surface area contributed by atoms with E-state index in [2.05, 4.69) is 4.72 Å². The summed E-state index contributed by atoms with van der Waals surface area (Å²) in [4.78, 5) is 12.8. The smallest absolute Gasteiger partial charge is 0.409 e. The molecule has 1 aliphatic rings. The van der Waals surface area contributed by atoms with E-state index in [-0.39, 0.29) is 10.6 Å². The lowest BCUT2D eigenvalue weighted by Crippen LogP contribution is -2.35. The highest BCUT2D eigenvalue weighted by atomic mass is 32.2. The largest absolute Gasteiger partial charge is 0.453 e. The molecule has 3 rings (SSSR count). The fourth-order valence-corrected chi connectivity index (χ4v) is 3.82. The van der Waals surface area contributed by atoms with E-state index in [0.29, 0.717) is 25.6 Å². The molecule has 0 aromatic heterocycles. The van der Waals surface area contributed by atoms with Gasteiger partial charge in [0.15, 0.2) is 11.6 Å². The molecule has 0 saturated carbocycles. The van der Waals surface area contributed by atoms with Crippen LogP contribution >= 0.6 is 0 Å². The zero-order valence-corrected chi connectivity index (χ0v) is 14.6. The van der Waals surface area contributed by atoms with Gasteiger partial charge in [-0.3, -0.25) is 4.72 Å². The first-order valence-electron chi connectivity index (χ1n) is 7.73. The summed E-state index contributed by atoms with van der Waals surface area (Å²) in [6.07, 6.45) is 0.170. The molecule has 0 radical (unpaired) electrons. The van der Waals surface area contributed by atoms with E-state index in [9.17, 15) is 22.0 Å². The van der Waals surface area contributed by atoms with Gasteiger partial charge in [0.1, 0.15) is 0 Å². The Bertz CT molecular complexity index is 963. The van der Waals surface area contributed by atoms with Gasteiger partial charge in [-0.15, -0.1) is 0 Å². The second-order valence-electron chi connectivity index (χ2n) is 5.81. The van der Waals surface area contributed by atoms with Crippen LogP contribution in [0.4, 0.5) is 19.3 Å². The van der Waals surface area contributed by atoms with Crippen molar-refractivity contribution < 1.29 is 26.7 Å². The lowest BCUT2D eigenvalue weighted by molar-refractivity contribution is 0.118. The molecule has 138 valence electrons. The zero-order valence-electron chi connectivity index (χ0n) is 13.8. The van der Waals surface area contributed by atoms with E-state index >= 15 is 0 Å². The van der Waals surface area contributed by atoms with Gasteiger partial charge in [0, 0.05) is 18.8 Å². The van der Waals surface area contributed by atoms with Crippen LogP contribution in [-0.2, 0) is 27.7 Å². The van der Waals surface area contributed by atoms with Crippen molar-refractivity contribution in [2.75, 3.05) is 18.4 Å². The highest BCUT2D eigenvalue weighted by Crippen LogP contribution is 2.25. The monoisotopic (exact) mass is 382 g/mol. The van der Waals surface area contributed by atoms with Crippen molar-refractivity contribution >= 4 is 21.8 Å². The first kappa shape index (κ1) is 18.1. The molecule has 1 amide bonds. The lowest BCUT2D eigenvalue weighted by Gasteiger charge is -2.28. The van der Waals surface area contributed by atoms with Crippen LogP contribution in [0.25, 0.3) is 0 Å². The van der Waals surface area contributed by atoms with E-state index in [1.807, 2.05) is 0 Å². The second kappa shape index (κ2) is 6.91. The number of nitrogens with one attached hydrogen (secondary N) is 1. The number of hydrogen-bond donors (Lipinski definition) is 1. The van der Waals surface area contributed by atoms with Crippen LogP contribution in [0.15, 0.2) is 41.3 Å². The highest BCUT2D eigenvalue weighted by Gasteiger charge is 2.22. The minimum Gasteiger partial charge on any atom is -0.453 e. The molecule has 6 nitrogen and oxygen atoms in total. The van der Waals surface area contributed by atoms with Crippen molar-refractivity contribution in [3.8, 4) is 0 Å². The number of sulfonamides is 1. The Kier molecular flexibility index (Phi) is 4.82. The average molecular weight is 382 g/mol. The van der Waals surface area contributed by atoms with Crippen LogP contribution in [0.5, 0.6) is 0 Å². The SMILES string of the molecule is COC(=O)N1CCc2ccc(NS(=O)(=O)c3ccc(F)c(F)c3)cc2C1. The van der Waals surface area contributed by atoms with Crippen LogP contribution in [0.1, 0.15) is 11.1 Å². The van der Waals surface area contributed by atoms with Crippen LogP contribution in [0.3, 0.4) is 0 Å². The van der Waals surface area contributed by atoms with Gasteiger partial charge in [0.05, 0.1) is 12.0 Å². The predicted octanol–water partition coefficient (Wildman–Crippen LogP) is 2.89. The Labute approximate surface area is 149 Å². The van der Waals surface area contributed by atoms with E-state index in [0.717, 1.165) is 23.3 Å². The van der Waals surface area contributed by atoms with Crippen molar-refractivity contribution in [2.45, 2.75) is 17.9 Å². The summed E-state index contributed by atoms with van der Waals surface area (Å²) in [6.45, 7) is 0.808. The van der Waals surface area contributed by atoms with E-state index in [1.165, 1.54) is 12.0 Å². The number of rotatable bonds is 3. The molecule has 0 aliphatic carbocycles. The third-order valence-corrected chi connectivity index (χ3v) is 5.48. The molecule has 2 aromatic carbocycles. The van der Waals surface area contributed by atoms with Gasteiger partial charge in [-0.05, 0) is 47.9 Å². The van der Waals surface area contributed by atoms with Crippen molar-refractivity contribution in [3.05, 3.63) is 59.2 Å². The molecule has 0 fully saturated rings. The molecular formula is C17H16F2N2O4S. The molecular weight excluding hydrogens is 366 g/mol. The summed E-state index contributed by atoms with van der Waals surface area (Å²) in [7, 11) is -2.78. The van der Waals surface area contributed by atoms with Crippen LogP contribution in [0.2, 0.25) is 0 Å². The Balaban J connectivity index is 1.84. The van der Waals surface area contributed by atoms with Crippen molar-refractivity contribution in [2.24, 2.45) is 0 Å². The number of hydrogen-bond acceptors (Lipinski definition) is 4. The first-order chi connectivity index (χ1) is 12.3. The van der Waals surface area contributed by atoms with Gasteiger partial charge >= 0.3 is 6.09 Å². The van der Waals surface area contributed by atoms with E-state index < -0.39 is 27.8 Å². The molecule has 0 bridgehead atoms. The first-order valence-corrected chi connectivity index (χ1v) is 9.21. The lowest BCUT2D eigenvalue weighted by atomic mass is 9.99. The fourth-order valence-electron chi connectivity index (χ4n) is 2.76. The Morgan fingerprint density at radius 3 is 2.58 bits per heavy atom. The maximum absolute atomic E-state index is 13.3. The van der Waals surface area contributed by atoms with Gasteiger partial charge in [-0.2, -0.15) is 0 Å². The van der Waals surface area contributed by atoms with Crippen LogP contribution < -0.4 is 4.72 Å². The summed E-state index contributed by atoms with van der Waals surface area (Å²) in [5, 5.41) is 0. The van der Waals surface area contributed by atoms with Crippen molar-refractivity contribution in [1.82, 2.24) is 4.90 Å². The zero-order chi connectivity index (χ0) is 18.9. The molecule has 9 heteroatoms. The number of fused-ring (bicyclic) bond motifs is 1. The predicted molar refractivity (Wildman–Crippen MR) is 90.1 cm³/mol. The molecule has 0 spiro atoms. The Morgan fingerprint density at radius 1 is 1.12 bits per heavy atom. The van der Waals surface area contributed by atoms with Gasteiger partial charge < -0.3 is 9.64 Å². The molecule has 2 aromatic rings. The number of benzene rings is 2. The fraction of sp³-hybridized carbons (Fsp3) is 0.235. The maximum Gasteiger partial charge on any atom is 0.409 e. The van der Waals surface area contributed by atoms with Gasteiger partial charge in [0.25, 0.3) is 10.0 Å². The third-order valence-electron chi connectivity index (χ3n) is 4.10. The van der Waals surface area contributed by atoms with Gasteiger partial charge in [0.2, 0.25) is 0 Å². The topological polar surface area (TPSA) is 75.7 Å².